The zero-order chi connectivity index (χ0) is 26.5. The van der Waals surface area contributed by atoms with E-state index in [1.165, 1.54) is 22.8 Å². The maximum Gasteiger partial charge on any atom is 0.416 e. The lowest BCUT2D eigenvalue weighted by atomic mass is 10.0. The molecule has 3 heterocycles. The number of hydrogen-bond donors (Lipinski definition) is 0. The van der Waals surface area contributed by atoms with Crippen molar-refractivity contribution >= 4 is 17.1 Å². The van der Waals surface area contributed by atoms with Gasteiger partial charge in [-0.1, -0.05) is 12.1 Å². The van der Waals surface area contributed by atoms with E-state index in [1.54, 1.807) is 29.3 Å². The first-order valence-corrected chi connectivity index (χ1v) is 11.8. The van der Waals surface area contributed by atoms with Gasteiger partial charge in [0.1, 0.15) is 16.9 Å². The Balaban J connectivity index is 1.41. The minimum Gasteiger partial charge on any atom is -0.461 e. The van der Waals surface area contributed by atoms with Gasteiger partial charge in [0, 0.05) is 42.2 Å². The van der Waals surface area contributed by atoms with Crippen molar-refractivity contribution in [2.24, 2.45) is 0 Å². The number of carbonyl (C=O) groups is 1. The summed E-state index contributed by atoms with van der Waals surface area (Å²) in [5.74, 6) is 0.803. The summed E-state index contributed by atoms with van der Waals surface area (Å²) in [6.45, 7) is 6.34. The van der Waals surface area contributed by atoms with Crippen LogP contribution in [0.4, 0.5) is 18.0 Å². The molecule has 1 amide bonds. The molecule has 0 spiro atoms. The summed E-state index contributed by atoms with van der Waals surface area (Å²) in [6.07, 6.45) is -2.65. The molecule has 0 fully saturated rings. The summed E-state index contributed by atoms with van der Waals surface area (Å²) in [5, 5.41) is 0.862. The number of carbonyl (C=O) groups excluding carboxylic acids is 1. The molecule has 0 radical (unpaired) electrons. The second kappa shape index (κ2) is 8.83. The van der Waals surface area contributed by atoms with Gasteiger partial charge in [0.05, 0.1) is 17.8 Å². The van der Waals surface area contributed by atoms with Gasteiger partial charge in [-0.3, -0.25) is 9.36 Å². The van der Waals surface area contributed by atoms with Crippen LogP contribution < -0.4 is 5.56 Å². The van der Waals surface area contributed by atoms with E-state index in [1.807, 2.05) is 26.8 Å². The van der Waals surface area contributed by atoms with Crippen LogP contribution in [0.15, 0.2) is 70.0 Å². The van der Waals surface area contributed by atoms with Gasteiger partial charge < -0.3 is 14.1 Å². The fourth-order valence-electron chi connectivity index (χ4n) is 4.43. The van der Waals surface area contributed by atoms with E-state index in [2.05, 4.69) is 0 Å². The Morgan fingerprint density at radius 3 is 2.35 bits per heavy atom. The van der Waals surface area contributed by atoms with E-state index in [4.69, 9.17) is 9.15 Å². The van der Waals surface area contributed by atoms with Gasteiger partial charge >= 0.3 is 12.3 Å². The summed E-state index contributed by atoms with van der Waals surface area (Å²) >= 11 is 0. The molecule has 4 aromatic rings. The molecule has 5 rings (SSSR count). The van der Waals surface area contributed by atoms with Crippen molar-refractivity contribution in [3.8, 4) is 16.8 Å². The molecule has 0 bridgehead atoms. The molecule has 9 heteroatoms. The lowest BCUT2D eigenvalue weighted by molar-refractivity contribution is -0.137. The molecule has 1 aliphatic heterocycles. The number of hydrogen-bond acceptors (Lipinski definition) is 4. The molecule has 6 nitrogen and oxygen atoms in total. The lowest BCUT2D eigenvalue weighted by Gasteiger charge is -2.29. The highest BCUT2D eigenvalue weighted by molar-refractivity contribution is 5.85. The third-order valence-electron chi connectivity index (χ3n) is 6.21. The average molecular weight is 511 g/mol. The normalized spacial score (nSPS) is 14.1. The van der Waals surface area contributed by atoms with Crippen LogP contribution in [0, 0.1) is 0 Å². The molecule has 1 aliphatic rings. The Morgan fingerprint density at radius 2 is 1.70 bits per heavy atom. The van der Waals surface area contributed by atoms with Crippen LogP contribution in [0.3, 0.4) is 0 Å². The zero-order valence-electron chi connectivity index (χ0n) is 20.6. The topological polar surface area (TPSA) is 64.7 Å². The smallest absolute Gasteiger partial charge is 0.416 e. The van der Waals surface area contributed by atoms with Gasteiger partial charge in [0.2, 0.25) is 0 Å². The summed E-state index contributed by atoms with van der Waals surface area (Å²) in [6, 6.07) is 13.2. The lowest BCUT2D eigenvalue weighted by Crippen LogP contribution is -2.39. The summed E-state index contributed by atoms with van der Waals surface area (Å²) in [7, 11) is 0. The van der Waals surface area contributed by atoms with E-state index < -0.39 is 17.3 Å². The van der Waals surface area contributed by atoms with Crippen molar-refractivity contribution in [1.29, 1.82) is 0 Å². The van der Waals surface area contributed by atoms with E-state index in [0.29, 0.717) is 41.9 Å². The van der Waals surface area contributed by atoms with E-state index in [9.17, 15) is 22.8 Å². The largest absolute Gasteiger partial charge is 0.461 e. The number of ether oxygens (including phenoxy) is 1. The van der Waals surface area contributed by atoms with Crippen LogP contribution >= 0.6 is 0 Å². The molecule has 2 aromatic heterocycles. The van der Waals surface area contributed by atoms with Crippen molar-refractivity contribution in [3.05, 3.63) is 88.0 Å². The first-order valence-electron chi connectivity index (χ1n) is 11.8. The molecule has 0 saturated carbocycles. The summed E-state index contributed by atoms with van der Waals surface area (Å²) in [5.41, 5.74) is 1.49. The van der Waals surface area contributed by atoms with Crippen molar-refractivity contribution in [3.63, 3.8) is 0 Å². The van der Waals surface area contributed by atoms with Crippen LogP contribution in [0.2, 0.25) is 0 Å². The van der Waals surface area contributed by atoms with Crippen LogP contribution in [0.25, 0.3) is 27.8 Å². The van der Waals surface area contributed by atoms with Gasteiger partial charge in [-0.25, -0.2) is 4.79 Å². The maximum absolute atomic E-state index is 12.9. The van der Waals surface area contributed by atoms with Gasteiger partial charge in [-0.2, -0.15) is 13.2 Å². The first kappa shape index (κ1) is 24.7. The second-order valence-electron chi connectivity index (χ2n) is 10.0. The van der Waals surface area contributed by atoms with Crippen molar-refractivity contribution in [2.45, 2.75) is 45.5 Å². The van der Waals surface area contributed by atoms with Crippen LogP contribution in [-0.2, 0) is 23.9 Å². The average Bonchev–Trinajstić information content (AvgIpc) is 3.19. The standard InChI is InChI=1S/C28H25F3N2O4/c1-27(2,3)37-26(35)32-12-11-23-22(16-32)21-9-8-20(15-24(21)36-23)33-13-10-18(14-25(33)34)17-4-6-19(7-5-17)28(29,30)31/h4-10,13-15H,11-12,16H2,1-3H3. The second-order valence-corrected chi connectivity index (χ2v) is 10.0. The molecule has 192 valence electrons. The molecule has 0 N–H and O–H groups in total. The number of pyridine rings is 1. The maximum atomic E-state index is 12.9. The Labute approximate surface area is 210 Å². The van der Waals surface area contributed by atoms with E-state index in [0.717, 1.165) is 28.8 Å². The number of aromatic nitrogens is 1. The summed E-state index contributed by atoms with van der Waals surface area (Å²) < 4.78 is 51.5. The Bertz CT molecular complexity index is 1540. The third-order valence-corrected chi connectivity index (χ3v) is 6.21. The number of benzene rings is 2. The Morgan fingerprint density at radius 1 is 0.973 bits per heavy atom. The van der Waals surface area contributed by atoms with Crippen molar-refractivity contribution < 1.29 is 27.1 Å². The van der Waals surface area contributed by atoms with Crippen molar-refractivity contribution in [1.82, 2.24) is 9.47 Å². The third kappa shape index (κ3) is 4.98. The number of alkyl halides is 3. The van der Waals surface area contributed by atoms with Crippen LogP contribution in [0.1, 0.15) is 37.7 Å². The Kier molecular flexibility index (Phi) is 5.89. The molecule has 2 aromatic carbocycles. The Hall–Kier alpha value is -4.01. The number of fused-ring (bicyclic) bond motifs is 3. The highest BCUT2D eigenvalue weighted by Crippen LogP contribution is 2.33. The predicted octanol–water partition coefficient (Wildman–Crippen LogP) is 6.56. The predicted molar refractivity (Wildman–Crippen MR) is 133 cm³/mol. The molecule has 0 atom stereocenters. The number of halogens is 3. The van der Waals surface area contributed by atoms with Crippen molar-refractivity contribution in [2.75, 3.05) is 6.54 Å². The van der Waals surface area contributed by atoms with Gasteiger partial charge in [-0.15, -0.1) is 0 Å². The quantitative estimate of drug-likeness (QED) is 0.306. The fourth-order valence-corrected chi connectivity index (χ4v) is 4.43. The molecular formula is C28H25F3N2O4. The highest BCUT2D eigenvalue weighted by Gasteiger charge is 2.30. The molecular weight excluding hydrogens is 485 g/mol. The minimum absolute atomic E-state index is 0.329. The van der Waals surface area contributed by atoms with E-state index in [-0.39, 0.29) is 11.7 Å². The van der Waals surface area contributed by atoms with Crippen LogP contribution in [-0.4, -0.2) is 27.7 Å². The summed E-state index contributed by atoms with van der Waals surface area (Å²) in [4.78, 5) is 27.1. The van der Waals surface area contributed by atoms with E-state index >= 15 is 0 Å². The SMILES string of the molecule is CC(C)(C)OC(=O)N1CCc2oc3cc(-n4ccc(-c5ccc(C(F)(F)F)cc5)cc4=O)ccc3c2C1. The van der Waals surface area contributed by atoms with Gasteiger partial charge in [0.25, 0.3) is 5.56 Å². The number of nitrogens with zero attached hydrogens (tertiary/aromatic N) is 2. The van der Waals surface area contributed by atoms with Gasteiger partial charge in [0.15, 0.2) is 0 Å². The van der Waals surface area contributed by atoms with Gasteiger partial charge in [-0.05, 0) is 62.2 Å². The number of rotatable bonds is 2. The number of furan rings is 1. The highest BCUT2D eigenvalue weighted by atomic mass is 19.4. The monoisotopic (exact) mass is 510 g/mol. The molecule has 0 saturated heterocycles. The molecule has 0 unspecified atom stereocenters. The number of amides is 1. The molecule has 0 aliphatic carbocycles. The minimum atomic E-state index is -4.42. The first-order chi connectivity index (χ1) is 17.4. The fraction of sp³-hybridized carbons (Fsp3) is 0.286. The van der Waals surface area contributed by atoms with Crippen LogP contribution in [0.5, 0.6) is 0 Å². The molecule has 37 heavy (non-hydrogen) atoms. The zero-order valence-corrected chi connectivity index (χ0v) is 20.6.